The zero-order chi connectivity index (χ0) is 24.2. The molecule has 0 N–H and O–H groups in total. The van der Waals surface area contributed by atoms with Crippen LogP contribution < -0.4 is 0 Å². The molecule has 4 aromatic rings. The van der Waals surface area contributed by atoms with E-state index in [1.165, 1.54) is 33.4 Å². The van der Waals surface area contributed by atoms with Crippen LogP contribution in [0.5, 0.6) is 0 Å². The smallest absolute Gasteiger partial charge is 0.0940 e. The molecule has 0 amide bonds. The van der Waals surface area contributed by atoms with Gasteiger partial charge in [-0.25, -0.2) is 0 Å². The van der Waals surface area contributed by atoms with Crippen molar-refractivity contribution in [2.24, 2.45) is 0 Å². The van der Waals surface area contributed by atoms with Crippen molar-refractivity contribution in [1.29, 1.82) is 0 Å². The van der Waals surface area contributed by atoms with E-state index in [0.717, 1.165) is 22.3 Å². The summed E-state index contributed by atoms with van der Waals surface area (Å²) in [5.74, 6) is 0. The molecule has 0 heterocycles. The Balaban J connectivity index is 0.00000267. The standard InChI is InChI=1S/C33H26Cl2.Zr/c1-22-30(24-13-5-3-6-14-24)26-17-9-11-19-28(26)32(22,34)21-33(35)23(2)31(25-15-7-4-8-16-25)27-18-10-12-20-29(27)33;/h3-20H,21H2,1-2H3;. The molecule has 0 spiro atoms. The van der Waals surface area contributed by atoms with Gasteiger partial charge in [-0.2, -0.15) is 0 Å². The number of fused-ring (bicyclic) bond motifs is 2. The van der Waals surface area contributed by atoms with Crippen LogP contribution in [0.1, 0.15) is 53.6 Å². The van der Waals surface area contributed by atoms with Crippen molar-refractivity contribution in [3.8, 4) is 0 Å². The van der Waals surface area contributed by atoms with Gasteiger partial charge in [0, 0.05) is 32.6 Å². The molecule has 0 aromatic heterocycles. The molecule has 36 heavy (non-hydrogen) atoms. The van der Waals surface area contributed by atoms with Gasteiger partial charge in [0.1, 0.15) is 0 Å². The molecule has 0 nitrogen and oxygen atoms in total. The molecule has 0 aliphatic heterocycles. The van der Waals surface area contributed by atoms with Crippen molar-refractivity contribution in [3.63, 3.8) is 0 Å². The first kappa shape index (κ1) is 25.5. The Morgan fingerprint density at radius 3 is 1.22 bits per heavy atom. The zero-order valence-electron chi connectivity index (χ0n) is 20.4. The summed E-state index contributed by atoms with van der Waals surface area (Å²) in [4.78, 5) is -1.44. The molecule has 4 aromatic carbocycles. The van der Waals surface area contributed by atoms with E-state index >= 15 is 0 Å². The number of rotatable bonds is 4. The molecule has 0 saturated heterocycles. The van der Waals surface area contributed by atoms with E-state index in [9.17, 15) is 0 Å². The van der Waals surface area contributed by atoms with Gasteiger partial charge < -0.3 is 0 Å². The average Bonchev–Trinajstić information content (AvgIpc) is 3.25. The van der Waals surface area contributed by atoms with Crippen LogP contribution in [0, 0.1) is 0 Å². The fourth-order valence-electron chi connectivity index (χ4n) is 6.04. The summed E-state index contributed by atoms with van der Waals surface area (Å²) in [6, 6.07) is 38.2. The SMILES string of the molecule is CC1=C(c2ccccc2)c2ccccc2C1(Cl)CC1(Cl)C(C)=C(c2ccccc2)c2ccccc21.[Zr]. The van der Waals surface area contributed by atoms with E-state index in [2.05, 4.69) is 123 Å². The van der Waals surface area contributed by atoms with E-state index in [-0.39, 0.29) is 26.2 Å². The molecule has 2 atom stereocenters. The van der Waals surface area contributed by atoms with Crippen molar-refractivity contribution in [2.75, 3.05) is 0 Å². The third-order valence-corrected chi connectivity index (χ3v) is 9.04. The maximum Gasteiger partial charge on any atom is 0.0940 e. The third kappa shape index (κ3) is 3.75. The van der Waals surface area contributed by atoms with Gasteiger partial charge in [-0.15, -0.1) is 23.2 Å². The van der Waals surface area contributed by atoms with E-state index in [1.54, 1.807) is 0 Å². The van der Waals surface area contributed by atoms with Gasteiger partial charge in [-0.3, -0.25) is 0 Å². The van der Waals surface area contributed by atoms with Gasteiger partial charge in [0.15, 0.2) is 0 Å². The normalized spacial score (nSPS) is 22.3. The van der Waals surface area contributed by atoms with Crippen molar-refractivity contribution in [3.05, 3.63) is 154 Å². The third-order valence-electron chi connectivity index (χ3n) is 7.80. The molecule has 0 fully saturated rings. The summed E-state index contributed by atoms with van der Waals surface area (Å²) >= 11 is 15.5. The van der Waals surface area contributed by atoms with Crippen LogP contribution in [0.2, 0.25) is 0 Å². The summed E-state index contributed by atoms with van der Waals surface area (Å²) in [6.07, 6.45) is 0.571. The average molecular weight is 585 g/mol. The van der Waals surface area contributed by atoms with Gasteiger partial charge in [0.05, 0.1) is 9.75 Å². The van der Waals surface area contributed by atoms with E-state index < -0.39 is 9.75 Å². The number of alkyl halides is 2. The van der Waals surface area contributed by atoms with Crippen LogP contribution in [0.25, 0.3) is 11.1 Å². The molecule has 0 saturated carbocycles. The number of benzene rings is 4. The van der Waals surface area contributed by atoms with Gasteiger partial charge >= 0.3 is 0 Å². The zero-order valence-corrected chi connectivity index (χ0v) is 24.3. The summed E-state index contributed by atoms with van der Waals surface area (Å²) in [5.41, 5.74) is 11.8. The molecule has 3 heteroatoms. The molecule has 0 bridgehead atoms. The summed E-state index contributed by atoms with van der Waals surface area (Å²) in [7, 11) is 0. The van der Waals surface area contributed by atoms with Gasteiger partial charge in [0.2, 0.25) is 0 Å². The van der Waals surface area contributed by atoms with E-state index in [1.807, 2.05) is 0 Å². The molecule has 2 unspecified atom stereocenters. The maximum atomic E-state index is 7.73. The Labute approximate surface area is 242 Å². The second-order valence-corrected chi connectivity index (χ2v) is 10.9. The monoisotopic (exact) mass is 582 g/mol. The Hall–Kier alpha value is -2.18. The molecule has 6 rings (SSSR count). The van der Waals surface area contributed by atoms with Crippen molar-refractivity contribution in [1.82, 2.24) is 0 Å². The van der Waals surface area contributed by atoms with Crippen LogP contribution in [-0.4, -0.2) is 0 Å². The van der Waals surface area contributed by atoms with Crippen LogP contribution in [0.15, 0.2) is 120 Å². The quantitative estimate of drug-likeness (QED) is 0.210. The predicted octanol–water partition coefficient (Wildman–Crippen LogP) is 9.31. The number of hydrogen-bond acceptors (Lipinski definition) is 0. The van der Waals surface area contributed by atoms with Crippen molar-refractivity contribution < 1.29 is 26.2 Å². The molecule has 176 valence electrons. The molecule has 2 aliphatic carbocycles. The van der Waals surface area contributed by atoms with Crippen molar-refractivity contribution >= 4 is 34.3 Å². The van der Waals surface area contributed by atoms with Crippen LogP contribution in [-0.2, 0) is 36.0 Å². The first-order chi connectivity index (χ1) is 16.9. The first-order valence-corrected chi connectivity index (χ1v) is 12.8. The fourth-order valence-corrected chi connectivity index (χ4v) is 7.03. The van der Waals surface area contributed by atoms with E-state index in [4.69, 9.17) is 23.2 Å². The minimum atomic E-state index is -0.718. The largest absolute Gasteiger partial charge is 0.109 e. The Morgan fingerprint density at radius 1 is 0.500 bits per heavy atom. The van der Waals surface area contributed by atoms with Crippen LogP contribution in [0.4, 0.5) is 0 Å². The number of hydrogen-bond donors (Lipinski definition) is 0. The van der Waals surface area contributed by atoms with E-state index in [0.29, 0.717) is 6.42 Å². The minimum absolute atomic E-state index is 0. The van der Waals surface area contributed by atoms with Gasteiger partial charge in [-0.05, 0) is 69.5 Å². The Kier molecular flexibility index (Phi) is 6.80. The summed E-state index contributed by atoms with van der Waals surface area (Å²) < 4.78 is 0. The second kappa shape index (κ2) is 9.61. The molecular formula is C33H26Cl2Zr. The maximum absolute atomic E-state index is 7.73. The number of allylic oxidation sites excluding steroid dienone is 2. The second-order valence-electron chi connectivity index (χ2n) is 9.60. The predicted molar refractivity (Wildman–Crippen MR) is 149 cm³/mol. The molecule has 2 aliphatic rings. The van der Waals surface area contributed by atoms with Crippen LogP contribution in [0.3, 0.4) is 0 Å². The Bertz CT molecular complexity index is 1390. The number of halogens is 2. The fraction of sp³-hybridized carbons (Fsp3) is 0.152. The van der Waals surface area contributed by atoms with Crippen LogP contribution >= 0.6 is 23.2 Å². The topological polar surface area (TPSA) is 0 Å². The first-order valence-electron chi connectivity index (χ1n) is 12.1. The minimum Gasteiger partial charge on any atom is -0.109 e. The molecular weight excluding hydrogens is 558 g/mol. The van der Waals surface area contributed by atoms with Crippen molar-refractivity contribution in [2.45, 2.75) is 30.0 Å². The Morgan fingerprint density at radius 2 is 0.833 bits per heavy atom. The summed E-state index contributed by atoms with van der Waals surface area (Å²) in [5, 5.41) is 0. The molecule has 0 radical (unpaired) electrons. The summed E-state index contributed by atoms with van der Waals surface area (Å²) in [6.45, 7) is 4.35. The van der Waals surface area contributed by atoms with Gasteiger partial charge in [0.25, 0.3) is 0 Å². The van der Waals surface area contributed by atoms with Gasteiger partial charge in [-0.1, -0.05) is 109 Å².